The predicted molar refractivity (Wildman–Crippen MR) is 85.8 cm³/mol. The van der Waals surface area contributed by atoms with Crippen molar-refractivity contribution in [2.24, 2.45) is 0 Å². The number of anilines is 2. The highest BCUT2D eigenvalue weighted by atomic mass is 19.4. The standard InChI is InChI=1S/C17H16F4N2O2/c1-2-25-16(24)23-15-8-3-11(9-14(15)18)10-22-13-6-4-12(5-7-13)17(19,20)21/h3-9,22H,2,10H2,1H3,(H,23,24). The molecule has 4 nitrogen and oxygen atoms in total. The van der Waals surface area contributed by atoms with Crippen molar-refractivity contribution in [2.75, 3.05) is 17.2 Å². The van der Waals surface area contributed by atoms with Crippen LogP contribution in [0.25, 0.3) is 0 Å². The Morgan fingerprint density at radius 3 is 2.36 bits per heavy atom. The molecule has 0 aliphatic rings. The van der Waals surface area contributed by atoms with Gasteiger partial charge in [0.25, 0.3) is 0 Å². The lowest BCUT2D eigenvalue weighted by molar-refractivity contribution is -0.137. The van der Waals surface area contributed by atoms with E-state index in [1.165, 1.54) is 24.3 Å². The van der Waals surface area contributed by atoms with Crippen molar-refractivity contribution in [3.8, 4) is 0 Å². The molecule has 2 N–H and O–H groups in total. The van der Waals surface area contributed by atoms with Crippen molar-refractivity contribution >= 4 is 17.5 Å². The highest BCUT2D eigenvalue weighted by molar-refractivity contribution is 5.84. The van der Waals surface area contributed by atoms with Gasteiger partial charge in [-0.15, -0.1) is 0 Å². The summed E-state index contributed by atoms with van der Waals surface area (Å²) in [5, 5.41) is 5.17. The number of rotatable bonds is 5. The van der Waals surface area contributed by atoms with Crippen molar-refractivity contribution in [3.05, 3.63) is 59.4 Å². The average molecular weight is 356 g/mol. The highest BCUT2D eigenvalue weighted by Crippen LogP contribution is 2.29. The van der Waals surface area contributed by atoms with Crippen molar-refractivity contribution in [1.29, 1.82) is 0 Å². The third kappa shape index (κ3) is 5.37. The zero-order valence-corrected chi connectivity index (χ0v) is 13.3. The Hall–Kier alpha value is -2.77. The summed E-state index contributed by atoms with van der Waals surface area (Å²) in [4.78, 5) is 11.3. The van der Waals surface area contributed by atoms with E-state index in [1.807, 2.05) is 0 Å². The number of nitrogens with one attached hydrogen (secondary N) is 2. The van der Waals surface area contributed by atoms with E-state index in [9.17, 15) is 22.4 Å². The first-order valence-electron chi connectivity index (χ1n) is 7.43. The molecule has 0 radical (unpaired) electrons. The van der Waals surface area contributed by atoms with Crippen LogP contribution < -0.4 is 10.6 Å². The van der Waals surface area contributed by atoms with Crippen LogP contribution in [0.15, 0.2) is 42.5 Å². The van der Waals surface area contributed by atoms with Crippen LogP contribution in [0, 0.1) is 5.82 Å². The van der Waals surface area contributed by atoms with Crippen LogP contribution in [0.5, 0.6) is 0 Å². The normalized spacial score (nSPS) is 11.1. The first kappa shape index (κ1) is 18.6. The van der Waals surface area contributed by atoms with E-state index < -0.39 is 23.7 Å². The maximum absolute atomic E-state index is 13.9. The monoisotopic (exact) mass is 356 g/mol. The minimum atomic E-state index is -4.39. The fraction of sp³-hybridized carbons (Fsp3) is 0.235. The number of alkyl halides is 3. The van der Waals surface area contributed by atoms with Crippen molar-refractivity contribution in [2.45, 2.75) is 19.6 Å². The van der Waals surface area contributed by atoms with E-state index in [2.05, 4.69) is 15.4 Å². The Bertz CT molecular complexity index is 730. The number of hydrogen-bond acceptors (Lipinski definition) is 3. The summed E-state index contributed by atoms with van der Waals surface area (Å²) in [6.45, 7) is 2.01. The molecule has 0 saturated heterocycles. The first-order valence-corrected chi connectivity index (χ1v) is 7.43. The molecule has 0 bridgehead atoms. The fourth-order valence-corrected chi connectivity index (χ4v) is 2.03. The van der Waals surface area contributed by atoms with Gasteiger partial charge in [-0.3, -0.25) is 5.32 Å². The fourth-order valence-electron chi connectivity index (χ4n) is 2.03. The Labute approximate surface area is 141 Å². The van der Waals surface area contributed by atoms with E-state index in [4.69, 9.17) is 0 Å². The maximum Gasteiger partial charge on any atom is 0.416 e. The number of benzene rings is 2. The molecular formula is C17H16F4N2O2. The lowest BCUT2D eigenvalue weighted by Gasteiger charge is -2.11. The number of carbonyl (C=O) groups excluding carboxylic acids is 1. The van der Waals surface area contributed by atoms with Crippen molar-refractivity contribution in [1.82, 2.24) is 0 Å². The van der Waals surface area contributed by atoms with Gasteiger partial charge in [0.1, 0.15) is 5.82 Å². The van der Waals surface area contributed by atoms with Gasteiger partial charge in [0.2, 0.25) is 0 Å². The van der Waals surface area contributed by atoms with Gasteiger partial charge >= 0.3 is 12.3 Å². The molecule has 0 fully saturated rings. The van der Waals surface area contributed by atoms with Gasteiger partial charge < -0.3 is 10.1 Å². The second-order valence-electron chi connectivity index (χ2n) is 5.09. The van der Waals surface area contributed by atoms with Gasteiger partial charge in [-0.05, 0) is 48.9 Å². The van der Waals surface area contributed by atoms with Crippen LogP contribution in [-0.4, -0.2) is 12.7 Å². The molecule has 0 aliphatic heterocycles. The van der Waals surface area contributed by atoms with Gasteiger partial charge in [-0.1, -0.05) is 6.07 Å². The minimum Gasteiger partial charge on any atom is -0.450 e. The SMILES string of the molecule is CCOC(=O)Nc1ccc(CNc2ccc(C(F)(F)F)cc2)cc1F. The predicted octanol–water partition coefficient (Wildman–Crippen LogP) is 5.03. The van der Waals surface area contributed by atoms with Crippen LogP contribution >= 0.6 is 0 Å². The molecular weight excluding hydrogens is 340 g/mol. The van der Waals surface area contributed by atoms with Gasteiger partial charge in [-0.25, -0.2) is 9.18 Å². The van der Waals surface area contributed by atoms with Crippen LogP contribution in [0.4, 0.5) is 33.7 Å². The highest BCUT2D eigenvalue weighted by Gasteiger charge is 2.29. The molecule has 2 aromatic carbocycles. The number of hydrogen-bond donors (Lipinski definition) is 2. The topological polar surface area (TPSA) is 50.4 Å². The zero-order valence-electron chi connectivity index (χ0n) is 13.3. The quantitative estimate of drug-likeness (QED) is 0.739. The van der Waals surface area contributed by atoms with Crippen molar-refractivity contribution < 1.29 is 27.1 Å². The number of halogens is 4. The molecule has 0 heterocycles. The average Bonchev–Trinajstić information content (AvgIpc) is 2.55. The van der Waals surface area contributed by atoms with E-state index in [0.29, 0.717) is 11.3 Å². The second kappa shape index (κ2) is 7.87. The van der Waals surface area contributed by atoms with Gasteiger partial charge in [0.15, 0.2) is 0 Å². The maximum atomic E-state index is 13.9. The molecule has 8 heteroatoms. The molecule has 2 aromatic rings. The Balaban J connectivity index is 1.97. The molecule has 0 spiro atoms. The molecule has 0 atom stereocenters. The van der Waals surface area contributed by atoms with Crippen LogP contribution in [-0.2, 0) is 17.5 Å². The second-order valence-corrected chi connectivity index (χ2v) is 5.09. The van der Waals surface area contributed by atoms with Crippen LogP contribution in [0.1, 0.15) is 18.1 Å². The van der Waals surface area contributed by atoms with E-state index in [-0.39, 0.29) is 18.8 Å². The minimum absolute atomic E-state index is 0.0169. The van der Waals surface area contributed by atoms with E-state index in [1.54, 1.807) is 13.0 Å². The molecule has 2 rings (SSSR count). The summed E-state index contributed by atoms with van der Waals surface area (Å²) in [6.07, 6.45) is -5.14. The molecule has 0 unspecified atom stereocenters. The van der Waals surface area contributed by atoms with Gasteiger partial charge in [0, 0.05) is 12.2 Å². The molecule has 0 aromatic heterocycles. The summed E-state index contributed by atoms with van der Waals surface area (Å²) < 4.78 is 56.1. The van der Waals surface area contributed by atoms with Crippen LogP contribution in [0.2, 0.25) is 0 Å². The summed E-state index contributed by atoms with van der Waals surface area (Å²) in [5.74, 6) is -0.639. The number of ether oxygens (including phenoxy) is 1. The number of carbonyl (C=O) groups is 1. The third-order valence-electron chi connectivity index (χ3n) is 3.25. The van der Waals surface area contributed by atoms with E-state index >= 15 is 0 Å². The lowest BCUT2D eigenvalue weighted by atomic mass is 10.1. The summed E-state index contributed by atoms with van der Waals surface area (Å²) in [5.41, 5.74) is 0.282. The Morgan fingerprint density at radius 1 is 1.12 bits per heavy atom. The molecule has 134 valence electrons. The van der Waals surface area contributed by atoms with E-state index in [0.717, 1.165) is 12.1 Å². The zero-order chi connectivity index (χ0) is 18.4. The summed E-state index contributed by atoms with van der Waals surface area (Å²) in [6, 6.07) is 8.73. The Morgan fingerprint density at radius 2 is 1.80 bits per heavy atom. The Kier molecular flexibility index (Phi) is 5.84. The number of amides is 1. The largest absolute Gasteiger partial charge is 0.450 e. The van der Waals surface area contributed by atoms with Crippen molar-refractivity contribution in [3.63, 3.8) is 0 Å². The van der Waals surface area contributed by atoms with Gasteiger partial charge in [0.05, 0.1) is 17.9 Å². The molecule has 25 heavy (non-hydrogen) atoms. The molecule has 0 saturated carbocycles. The smallest absolute Gasteiger partial charge is 0.416 e. The summed E-state index contributed by atoms with van der Waals surface area (Å²) in [7, 11) is 0. The molecule has 1 amide bonds. The van der Waals surface area contributed by atoms with Gasteiger partial charge in [-0.2, -0.15) is 13.2 Å². The third-order valence-corrected chi connectivity index (χ3v) is 3.25. The summed E-state index contributed by atoms with van der Waals surface area (Å²) >= 11 is 0. The van der Waals surface area contributed by atoms with Crippen LogP contribution in [0.3, 0.4) is 0 Å². The first-order chi connectivity index (χ1) is 11.8. The molecule has 0 aliphatic carbocycles. The lowest BCUT2D eigenvalue weighted by Crippen LogP contribution is -2.14.